The van der Waals surface area contributed by atoms with Crippen LogP contribution in [0.1, 0.15) is 23.7 Å². The van der Waals surface area contributed by atoms with Crippen LogP contribution in [0, 0.1) is 13.8 Å². The van der Waals surface area contributed by atoms with Crippen molar-refractivity contribution in [1.82, 2.24) is 9.97 Å². The SMILES string of the molecule is CCc1cnc(Oc2cccnc2C)c(O)c1C. The van der Waals surface area contributed by atoms with Crippen molar-refractivity contribution in [2.24, 2.45) is 0 Å². The Balaban J connectivity index is 2.36. The van der Waals surface area contributed by atoms with Crippen molar-refractivity contribution < 1.29 is 9.84 Å². The Morgan fingerprint density at radius 2 is 2.06 bits per heavy atom. The lowest BCUT2D eigenvalue weighted by Crippen LogP contribution is -1.96. The van der Waals surface area contributed by atoms with E-state index < -0.39 is 0 Å². The molecule has 0 saturated heterocycles. The average molecular weight is 244 g/mol. The van der Waals surface area contributed by atoms with Gasteiger partial charge in [0.2, 0.25) is 0 Å². The van der Waals surface area contributed by atoms with E-state index in [0.717, 1.165) is 23.2 Å². The van der Waals surface area contributed by atoms with Crippen LogP contribution in [0.15, 0.2) is 24.5 Å². The molecule has 18 heavy (non-hydrogen) atoms. The van der Waals surface area contributed by atoms with E-state index >= 15 is 0 Å². The molecule has 4 heteroatoms. The van der Waals surface area contributed by atoms with Gasteiger partial charge in [0.05, 0.1) is 5.69 Å². The number of aromatic nitrogens is 2. The first-order valence-electron chi connectivity index (χ1n) is 5.90. The van der Waals surface area contributed by atoms with E-state index in [4.69, 9.17) is 4.74 Å². The van der Waals surface area contributed by atoms with Crippen molar-refractivity contribution in [1.29, 1.82) is 0 Å². The minimum atomic E-state index is 0.0950. The first-order valence-corrected chi connectivity index (χ1v) is 5.90. The summed E-state index contributed by atoms with van der Waals surface area (Å²) in [5, 5.41) is 10.1. The molecule has 2 aromatic rings. The van der Waals surface area contributed by atoms with E-state index in [1.807, 2.05) is 20.8 Å². The zero-order valence-corrected chi connectivity index (χ0v) is 10.8. The van der Waals surface area contributed by atoms with Gasteiger partial charge in [-0.1, -0.05) is 6.92 Å². The molecule has 0 amide bonds. The summed E-state index contributed by atoms with van der Waals surface area (Å²) in [6, 6.07) is 3.58. The van der Waals surface area contributed by atoms with Crippen LogP contribution in [0.25, 0.3) is 0 Å². The zero-order valence-electron chi connectivity index (χ0n) is 10.8. The van der Waals surface area contributed by atoms with Crippen LogP contribution in [0.5, 0.6) is 17.4 Å². The first-order chi connectivity index (χ1) is 8.63. The molecular formula is C14H16N2O2. The van der Waals surface area contributed by atoms with E-state index in [-0.39, 0.29) is 11.6 Å². The topological polar surface area (TPSA) is 55.2 Å². The first kappa shape index (κ1) is 12.4. The summed E-state index contributed by atoms with van der Waals surface area (Å²) in [4.78, 5) is 8.27. The van der Waals surface area contributed by atoms with E-state index in [2.05, 4.69) is 9.97 Å². The summed E-state index contributed by atoms with van der Waals surface area (Å²) < 4.78 is 5.60. The molecule has 0 atom stereocenters. The fourth-order valence-electron chi connectivity index (χ4n) is 1.72. The molecule has 0 aliphatic heterocycles. The standard InChI is InChI=1S/C14H16N2O2/c1-4-11-8-16-14(13(17)9(11)2)18-12-6-5-7-15-10(12)3/h5-8,17H,4H2,1-3H3. The van der Waals surface area contributed by atoms with E-state index in [9.17, 15) is 5.11 Å². The molecule has 0 unspecified atom stereocenters. The van der Waals surface area contributed by atoms with Crippen LogP contribution in [-0.2, 0) is 6.42 Å². The lowest BCUT2D eigenvalue weighted by atomic mass is 10.1. The summed E-state index contributed by atoms with van der Waals surface area (Å²) in [6.07, 6.45) is 4.26. The second-order valence-electron chi connectivity index (χ2n) is 4.10. The summed E-state index contributed by atoms with van der Waals surface area (Å²) in [5.41, 5.74) is 2.59. The Morgan fingerprint density at radius 1 is 1.28 bits per heavy atom. The molecule has 0 bridgehead atoms. The van der Waals surface area contributed by atoms with Crippen LogP contribution in [-0.4, -0.2) is 15.1 Å². The molecule has 2 rings (SSSR count). The number of hydrogen-bond donors (Lipinski definition) is 1. The van der Waals surface area contributed by atoms with Gasteiger partial charge < -0.3 is 9.84 Å². The second-order valence-corrected chi connectivity index (χ2v) is 4.10. The lowest BCUT2D eigenvalue weighted by molar-refractivity contribution is 0.391. The maximum atomic E-state index is 10.1. The maximum absolute atomic E-state index is 10.1. The Hall–Kier alpha value is -2.10. The maximum Gasteiger partial charge on any atom is 0.262 e. The summed E-state index contributed by atoms with van der Waals surface area (Å²) >= 11 is 0. The largest absolute Gasteiger partial charge is 0.503 e. The molecule has 0 radical (unpaired) electrons. The van der Waals surface area contributed by atoms with Crippen molar-refractivity contribution in [2.75, 3.05) is 0 Å². The Labute approximate surface area is 106 Å². The molecule has 2 aromatic heterocycles. The number of hydrogen-bond acceptors (Lipinski definition) is 4. The van der Waals surface area contributed by atoms with Gasteiger partial charge in [-0.2, -0.15) is 0 Å². The van der Waals surface area contributed by atoms with Crippen LogP contribution in [0.4, 0.5) is 0 Å². The monoisotopic (exact) mass is 244 g/mol. The third-order valence-corrected chi connectivity index (χ3v) is 2.92. The van der Waals surface area contributed by atoms with Crippen LogP contribution < -0.4 is 4.74 Å². The predicted molar refractivity (Wildman–Crippen MR) is 69.1 cm³/mol. The summed E-state index contributed by atoms with van der Waals surface area (Å²) in [5.74, 6) is 0.919. The van der Waals surface area contributed by atoms with Crippen molar-refractivity contribution in [3.8, 4) is 17.4 Å². The van der Waals surface area contributed by atoms with Gasteiger partial charge in [-0.05, 0) is 38.0 Å². The van der Waals surface area contributed by atoms with E-state index in [1.165, 1.54) is 0 Å². The average Bonchev–Trinajstić information content (AvgIpc) is 2.38. The summed E-state index contributed by atoms with van der Waals surface area (Å²) in [7, 11) is 0. The third-order valence-electron chi connectivity index (χ3n) is 2.92. The molecule has 1 N–H and O–H groups in total. The number of nitrogens with zero attached hydrogens (tertiary/aromatic N) is 2. The van der Waals surface area contributed by atoms with Crippen molar-refractivity contribution >= 4 is 0 Å². The third kappa shape index (κ3) is 2.27. The second kappa shape index (κ2) is 5.04. The van der Waals surface area contributed by atoms with Gasteiger partial charge in [-0.25, -0.2) is 4.98 Å². The van der Waals surface area contributed by atoms with Gasteiger partial charge in [-0.15, -0.1) is 0 Å². The molecule has 2 heterocycles. The molecule has 94 valence electrons. The molecule has 0 aliphatic carbocycles. The highest BCUT2D eigenvalue weighted by Gasteiger charge is 2.12. The van der Waals surface area contributed by atoms with Crippen molar-refractivity contribution in [3.63, 3.8) is 0 Å². The van der Waals surface area contributed by atoms with Crippen LogP contribution >= 0.6 is 0 Å². The number of ether oxygens (including phenoxy) is 1. The Kier molecular flexibility index (Phi) is 3.46. The minimum absolute atomic E-state index is 0.0950. The van der Waals surface area contributed by atoms with Crippen LogP contribution in [0.2, 0.25) is 0 Å². The van der Waals surface area contributed by atoms with Gasteiger partial charge in [0, 0.05) is 18.0 Å². The van der Waals surface area contributed by atoms with Gasteiger partial charge in [0.25, 0.3) is 5.88 Å². The van der Waals surface area contributed by atoms with Gasteiger partial charge in [0.15, 0.2) is 11.5 Å². The fraction of sp³-hybridized carbons (Fsp3) is 0.286. The predicted octanol–water partition coefficient (Wildman–Crippen LogP) is 3.15. The van der Waals surface area contributed by atoms with Crippen LogP contribution in [0.3, 0.4) is 0 Å². The zero-order chi connectivity index (χ0) is 13.1. The molecule has 0 aromatic carbocycles. The normalized spacial score (nSPS) is 10.4. The van der Waals surface area contributed by atoms with Gasteiger partial charge in [-0.3, -0.25) is 4.98 Å². The minimum Gasteiger partial charge on any atom is -0.503 e. The molecule has 4 nitrogen and oxygen atoms in total. The fourth-order valence-corrected chi connectivity index (χ4v) is 1.72. The Bertz CT molecular complexity index is 568. The highest BCUT2D eigenvalue weighted by molar-refractivity contribution is 5.46. The molecule has 0 fully saturated rings. The van der Waals surface area contributed by atoms with Crippen molar-refractivity contribution in [2.45, 2.75) is 27.2 Å². The quantitative estimate of drug-likeness (QED) is 0.901. The van der Waals surface area contributed by atoms with Crippen molar-refractivity contribution in [3.05, 3.63) is 41.3 Å². The Morgan fingerprint density at radius 3 is 2.72 bits per heavy atom. The molecule has 0 aliphatic rings. The number of pyridine rings is 2. The van der Waals surface area contributed by atoms with Gasteiger partial charge >= 0.3 is 0 Å². The lowest BCUT2D eigenvalue weighted by Gasteiger charge is -2.11. The number of aryl methyl sites for hydroxylation is 2. The smallest absolute Gasteiger partial charge is 0.262 e. The number of rotatable bonds is 3. The highest BCUT2D eigenvalue weighted by atomic mass is 16.5. The highest BCUT2D eigenvalue weighted by Crippen LogP contribution is 2.33. The molecule has 0 saturated carbocycles. The summed E-state index contributed by atoms with van der Waals surface area (Å²) in [6.45, 7) is 5.73. The molecular weight excluding hydrogens is 228 g/mol. The number of aromatic hydroxyl groups is 1. The van der Waals surface area contributed by atoms with E-state index in [0.29, 0.717) is 5.75 Å². The van der Waals surface area contributed by atoms with Gasteiger partial charge in [0.1, 0.15) is 0 Å². The molecule has 0 spiro atoms. The van der Waals surface area contributed by atoms with E-state index in [1.54, 1.807) is 24.5 Å².